The normalized spacial score (nSPS) is 14.2. The van der Waals surface area contributed by atoms with E-state index in [9.17, 15) is 4.39 Å². The second-order valence-corrected chi connectivity index (χ2v) is 5.05. The van der Waals surface area contributed by atoms with Crippen molar-refractivity contribution in [1.29, 1.82) is 0 Å². The third kappa shape index (κ3) is 2.42. The van der Waals surface area contributed by atoms with Crippen LogP contribution in [0.3, 0.4) is 0 Å². The van der Waals surface area contributed by atoms with Crippen LogP contribution in [0.1, 0.15) is 31.0 Å². The lowest BCUT2D eigenvalue weighted by Gasteiger charge is -2.38. The van der Waals surface area contributed by atoms with Crippen molar-refractivity contribution in [2.24, 2.45) is 5.73 Å². The van der Waals surface area contributed by atoms with Gasteiger partial charge < -0.3 is 10.6 Å². The van der Waals surface area contributed by atoms with Crippen LogP contribution in [0.15, 0.2) is 18.2 Å². The van der Waals surface area contributed by atoms with Crippen LogP contribution in [-0.2, 0) is 0 Å². The smallest absolute Gasteiger partial charge is 0.128 e. The Labute approximate surface area is 97.3 Å². The summed E-state index contributed by atoms with van der Waals surface area (Å²) in [5.74, 6) is -0.229. The van der Waals surface area contributed by atoms with Gasteiger partial charge in [0.05, 0.1) is 6.04 Å². The van der Waals surface area contributed by atoms with Gasteiger partial charge in [0.2, 0.25) is 0 Å². The largest absolute Gasteiger partial charge is 0.322 e. The lowest BCUT2D eigenvalue weighted by Crippen LogP contribution is -2.47. The zero-order chi connectivity index (χ0) is 12.5. The Morgan fingerprint density at radius 3 is 2.38 bits per heavy atom. The van der Waals surface area contributed by atoms with E-state index >= 15 is 0 Å². The summed E-state index contributed by atoms with van der Waals surface area (Å²) in [7, 11) is 3.90. The van der Waals surface area contributed by atoms with E-state index in [0.29, 0.717) is 5.56 Å². The van der Waals surface area contributed by atoms with E-state index in [-0.39, 0.29) is 17.4 Å². The van der Waals surface area contributed by atoms with Crippen LogP contribution in [0.5, 0.6) is 0 Å². The summed E-state index contributed by atoms with van der Waals surface area (Å²) >= 11 is 0. The Balaban J connectivity index is 3.14. The topological polar surface area (TPSA) is 29.3 Å². The van der Waals surface area contributed by atoms with Crippen molar-refractivity contribution in [2.45, 2.75) is 32.4 Å². The minimum atomic E-state index is -0.345. The molecule has 1 unspecified atom stereocenters. The Morgan fingerprint density at radius 1 is 1.31 bits per heavy atom. The highest BCUT2D eigenvalue weighted by Gasteiger charge is 2.31. The number of benzene rings is 1. The monoisotopic (exact) mass is 224 g/mol. The van der Waals surface area contributed by atoms with Crippen molar-refractivity contribution in [3.8, 4) is 0 Å². The summed E-state index contributed by atoms with van der Waals surface area (Å²) in [6.07, 6.45) is 0. The van der Waals surface area contributed by atoms with Gasteiger partial charge in [0, 0.05) is 11.1 Å². The lowest BCUT2D eigenvalue weighted by atomic mass is 9.87. The maximum atomic E-state index is 13.7. The molecule has 0 aliphatic heterocycles. The van der Waals surface area contributed by atoms with Crippen molar-refractivity contribution in [1.82, 2.24) is 4.90 Å². The molecule has 0 heterocycles. The maximum Gasteiger partial charge on any atom is 0.128 e. The molecule has 0 fully saturated rings. The summed E-state index contributed by atoms with van der Waals surface area (Å²) in [5.41, 5.74) is 7.49. The van der Waals surface area contributed by atoms with Crippen LogP contribution in [0.4, 0.5) is 4.39 Å². The molecule has 1 atom stereocenters. The fraction of sp³-hybridized carbons (Fsp3) is 0.538. The number of halogens is 1. The second-order valence-electron chi connectivity index (χ2n) is 5.05. The van der Waals surface area contributed by atoms with E-state index in [1.807, 2.05) is 45.8 Å². The maximum absolute atomic E-state index is 13.7. The van der Waals surface area contributed by atoms with E-state index in [2.05, 4.69) is 0 Å². The minimum Gasteiger partial charge on any atom is -0.322 e. The highest BCUT2D eigenvalue weighted by Crippen LogP contribution is 2.29. The Morgan fingerprint density at radius 2 is 1.88 bits per heavy atom. The van der Waals surface area contributed by atoms with Gasteiger partial charge in [0.1, 0.15) is 5.82 Å². The molecule has 0 saturated heterocycles. The van der Waals surface area contributed by atoms with Crippen molar-refractivity contribution in [2.75, 3.05) is 14.1 Å². The molecule has 0 aliphatic carbocycles. The van der Waals surface area contributed by atoms with Crippen molar-refractivity contribution < 1.29 is 4.39 Å². The van der Waals surface area contributed by atoms with Gasteiger partial charge in [-0.1, -0.05) is 17.7 Å². The first-order valence-electron chi connectivity index (χ1n) is 5.46. The Kier molecular flexibility index (Phi) is 3.71. The van der Waals surface area contributed by atoms with E-state index in [1.54, 1.807) is 6.07 Å². The van der Waals surface area contributed by atoms with Crippen molar-refractivity contribution in [3.63, 3.8) is 0 Å². The number of rotatable bonds is 3. The van der Waals surface area contributed by atoms with Gasteiger partial charge in [-0.2, -0.15) is 0 Å². The first kappa shape index (κ1) is 13.1. The molecule has 1 rings (SSSR count). The molecule has 0 amide bonds. The summed E-state index contributed by atoms with van der Waals surface area (Å²) in [6, 6.07) is 4.72. The van der Waals surface area contributed by atoms with Gasteiger partial charge in [-0.25, -0.2) is 4.39 Å². The van der Waals surface area contributed by atoms with Gasteiger partial charge in [-0.3, -0.25) is 0 Å². The van der Waals surface area contributed by atoms with Crippen LogP contribution in [0.25, 0.3) is 0 Å². The standard InChI is InChI=1S/C13H21FN2/c1-9-6-7-11(14)10(8-9)12(15)13(2,3)16(4)5/h6-8,12H,15H2,1-5H3. The molecule has 2 nitrogen and oxygen atoms in total. The number of nitrogens with zero attached hydrogens (tertiary/aromatic N) is 1. The lowest BCUT2D eigenvalue weighted by molar-refractivity contribution is 0.157. The van der Waals surface area contributed by atoms with E-state index < -0.39 is 0 Å². The van der Waals surface area contributed by atoms with Gasteiger partial charge in [-0.15, -0.1) is 0 Å². The molecule has 16 heavy (non-hydrogen) atoms. The number of likely N-dealkylation sites (N-methyl/N-ethyl adjacent to an activating group) is 1. The van der Waals surface area contributed by atoms with Crippen LogP contribution in [-0.4, -0.2) is 24.5 Å². The van der Waals surface area contributed by atoms with Gasteiger partial charge >= 0.3 is 0 Å². The third-order valence-electron chi connectivity index (χ3n) is 3.40. The Hall–Kier alpha value is -0.930. The fourth-order valence-electron chi connectivity index (χ4n) is 1.56. The zero-order valence-electron chi connectivity index (χ0n) is 10.7. The molecular weight excluding hydrogens is 203 g/mol. The van der Waals surface area contributed by atoms with Crippen LogP contribution >= 0.6 is 0 Å². The average molecular weight is 224 g/mol. The molecule has 0 spiro atoms. The van der Waals surface area contributed by atoms with Crippen LogP contribution < -0.4 is 5.73 Å². The summed E-state index contributed by atoms with van der Waals surface area (Å²) < 4.78 is 13.7. The SMILES string of the molecule is Cc1ccc(F)c(C(N)C(C)(C)N(C)C)c1. The molecule has 0 radical (unpaired) electrons. The molecule has 0 aromatic heterocycles. The molecule has 0 saturated carbocycles. The fourth-order valence-corrected chi connectivity index (χ4v) is 1.56. The van der Waals surface area contributed by atoms with Gasteiger partial charge in [0.25, 0.3) is 0 Å². The summed E-state index contributed by atoms with van der Waals surface area (Å²) in [6.45, 7) is 5.97. The number of hydrogen-bond donors (Lipinski definition) is 1. The number of hydrogen-bond acceptors (Lipinski definition) is 2. The molecule has 90 valence electrons. The molecule has 1 aromatic rings. The number of aryl methyl sites for hydroxylation is 1. The summed E-state index contributed by atoms with van der Waals surface area (Å²) in [5, 5.41) is 0. The highest BCUT2D eigenvalue weighted by atomic mass is 19.1. The Bertz CT molecular complexity index is 372. The predicted molar refractivity (Wildman–Crippen MR) is 65.8 cm³/mol. The molecular formula is C13H21FN2. The minimum absolute atomic E-state index is 0.229. The van der Waals surface area contributed by atoms with Gasteiger partial charge in [-0.05, 0) is 40.9 Å². The van der Waals surface area contributed by atoms with E-state index in [4.69, 9.17) is 5.73 Å². The average Bonchev–Trinajstić information content (AvgIpc) is 2.20. The molecule has 2 N–H and O–H groups in total. The second kappa shape index (κ2) is 4.52. The molecule has 0 bridgehead atoms. The highest BCUT2D eigenvalue weighted by molar-refractivity contribution is 5.28. The molecule has 1 aromatic carbocycles. The van der Waals surface area contributed by atoms with Crippen LogP contribution in [0, 0.1) is 12.7 Å². The predicted octanol–water partition coefficient (Wildman–Crippen LogP) is 2.47. The van der Waals surface area contributed by atoms with Crippen molar-refractivity contribution in [3.05, 3.63) is 35.1 Å². The first-order valence-corrected chi connectivity index (χ1v) is 5.46. The van der Waals surface area contributed by atoms with Crippen molar-refractivity contribution >= 4 is 0 Å². The molecule has 0 aliphatic rings. The van der Waals surface area contributed by atoms with E-state index in [0.717, 1.165) is 5.56 Å². The third-order valence-corrected chi connectivity index (χ3v) is 3.40. The quantitative estimate of drug-likeness (QED) is 0.854. The first-order chi connectivity index (χ1) is 7.26. The van der Waals surface area contributed by atoms with Crippen LogP contribution in [0.2, 0.25) is 0 Å². The molecule has 3 heteroatoms. The number of nitrogens with two attached hydrogens (primary N) is 1. The zero-order valence-corrected chi connectivity index (χ0v) is 10.7. The van der Waals surface area contributed by atoms with E-state index in [1.165, 1.54) is 6.07 Å². The summed E-state index contributed by atoms with van der Waals surface area (Å²) in [4.78, 5) is 2.01. The van der Waals surface area contributed by atoms with Gasteiger partial charge in [0.15, 0.2) is 0 Å².